The molecule has 0 radical (unpaired) electrons. The predicted molar refractivity (Wildman–Crippen MR) is 58.3 cm³/mol. The molecule has 17 heavy (non-hydrogen) atoms. The standard InChI is InChI=1S/C11H11F3N2O/c1-16-6-2-3-8-7-9(15)4-5-10(8)17-11(12,13)14/h4-5,7,16H,6,15H2,1H3. The highest BCUT2D eigenvalue weighted by atomic mass is 19.4. The number of hydrogen-bond donors (Lipinski definition) is 2. The Morgan fingerprint density at radius 1 is 1.41 bits per heavy atom. The number of ether oxygens (including phenoxy) is 1. The molecule has 0 atom stereocenters. The third-order valence-electron chi connectivity index (χ3n) is 1.72. The third-order valence-corrected chi connectivity index (χ3v) is 1.72. The highest BCUT2D eigenvalue weighted by Gasteiger charge is 2.31. The first-order valence-electron chi connectivity index (χ1n) is 4.71. The molecular formula is C11H11F3N2O. The minimum Gasteiger partial charge on any atom is -0.404 e. The van der Waals surface area contributed by atoms with Crippen LogP contribution in [0.3, 0.4) is 0 Å². The molecule has 0 aliphatic rings. The Morgan fingerprint density at radius 2 is 2.12 bits per heavy atom. The van der Waals surface area contributed by atoms with Crippen LogP contribution in [0.2, 0.25) is 0 Å². The van der Waals surface area contributed by atoms with Crippen LogP contribution in [-0.4, -0.2) is 20.0 Å². The van der Waals surface area contributed by atoms with E-state index in [0.29, 0.717) is 12.2 Å². The van der Waals surface area contributed by atoms with Crippen LogP contribution in [0.1, 0.15) is 5.56 Å². The van der Waals surface area contributed by atoms with Crippen LogP contribution < -0.4 is 15.8 Å². The molecule has 92 valence electrons. The van der Waals surface area contributed by atoms with Gasteiger partial charge in [0.05, 0.1) is 12.1 Å². The maximum Gasteiger partial charge on any atom is 0.573 e. The molecule has 6 heteroatoms. The molecule has 0 saturated heterocycles. The second kappa shape index (κ2) is 5.46. The summed E-state index contributed by atoms with van der Waals surface area (Å²) < 4.78 is 40.1. The average molecular weight is 244 g/mol. The largest absolute Gasteiger partial charge is 0.573 e. The molecule has 0 aromatic heterocycles. The Balaban J connectivity index is 3.01. The van der Waals surface area contributed by atoms with Crippen molar-refractivity contribution < 1.29 is 17.9 Å². The summed E-state index contributed by atoms with van der Waals surface area (Å²) in [4.78, 5) is 0. The molecule has 1 aromatic carbocycles. The monoisotopic (exact) mass is 244 g/mol. The number of nitrogen functional groups attached to an aromatic ring is 1. The maximum absolute atomic E-state index is 12.1. The highest BCUT2D eigenvalue weighted by Crippen LogP contribution is 2.27. The number of alkyl halides is 3. The van der Waals surface area contributed by atoms with E-state index in [1.54, 1.807) is 7.05 Å². The Kier molecular flexibility index (Phi) is 4.24. The van der Waals surface area contributed by atoms with Gasteiger partial charge in [-0.2, -0.15) is 0 Å². The van der Waals surface area contributed by atoms with E-state index < -0.39 is 6.36 Å². The van der Waals surface area contributed by atoms with Crippen LogP contribution in [0, 0.1) is 11.8 Å². The molecule has 0 bridgehead atoms. The maximum atomic E-state index is 12.1. The summed E-state index contributed by atoms with van der Waals surface area (Å²) in [7, 11) is 1.68. The van der Waals surface area contributed by atoms with Gasteiger partial charge in [0, 0.05) is 5.69 Å². The van der Waals surface area contributed by atoms with Crippen molar-refractivity contribution in [2.75, 3.05) is 19.3 Å². The summed E-state index contributed by atoms with van der Waals surface area (Å²) in [6, 6.07) is 3.81. The van der Waals surface area contributed by atoms with E-state index in [9.17, 15) is 13.2 Å². The third kappa shape index (κ3) is 4.66. The van der Waals surface area contributed by atoms with E-state index >= 15 is 0 Å². The summed E-state index contributed by atoms with van der Waals surface area (Å²) in [5.74, 6) is 4.85. The molecule has 0 aliphatic heterocycles. The van der Waals surface area contributed by atoms with Gasteiger partial charge in [-0.15, -0.1) is 13.2 Å². The van der Waals surface area contributed by atoms with Crippen molar-refractivity contribution in [1.82, 2.24) is 5.32 Å². The number of benzene rings is 1. The molecule has 1 rings (SSSR count). The summed E-state index contributed by atoms with van der Waals surface area (Å²) in [6.07, 6.45) is -4.74. The number of halogens is 3. The van der Waals surface area contributed by atoms with Gasteiger partial charge in [-0.05, 0) is 25.2 Å². The number of anilines is 1. The van der Waals surface area contributed by atoms with Gasteiger partial charge < -0.3 is 15.8 Å². The van der Waals surface area contributed by atoms with Gasteiger partial charge in [0.1, 0.15) is 5.75 Å². The van der Waals surface area contributed by atoms with Gasteiger partial charge in [-0.25, -0.2) is 0 Å². The lowest BCUT2D eigenvalue weighted by molar-refractivity contribution is -0.274. The van der Waals surface area contributed by atoms with Crippen LogP contribution in [0.15, 0.2) is 18.2 Å². The second-order valence-electron chi connectivity index (χ2n) is 3.14. The SMILES string of the molecule is CNCC#Cc1cc(N)ccc1OC(F)(F)F. The Labute approximate surface area is 96.8 Å². The summed E-state index contributed by atoms with van der Waals surface area (Å²) in [6.45, 7) is 0.361. The lowest BCUT2D eigenvalue weighted by Crippen LogP contribution is -2.18. The topological polar surface area (TPSA) is 47.3 Å². The van der Waals surface area contributed by atoms with E-state index in [0.717, 1.165) is 6.07 Å². The molecule has 0 spiro atoms. The van der Waals surface area contributed by atoms with Gasteiger partial charge in [0.15, 0.2) is 0 Å². The first-order chi connectivity index (χ1) is 7.92. The average Bonchev–Trinajstić information content (AvgIpc) is 2.20. The zero-order chi connectivity index (χ0) is 12.9. The molecule has 0 heterocycles. The molecule has 0 amide bonds. The minimum atomic E-state index is -4.74. The molecule has 3 nitrogen and oxygen atoms in total. The van der Waals surface area contributed by atoms with E-state index in [1.165, 1.54) is 12.1 Å². The fourth-order valence-corrected chi connectivity index (χ4v) is 1.09. The zero-order valence-electron chi connectivity index (χ0n) is 9.06. The second-order valence-corrected chi connectivity index (χ2v) is 3.14. The quantitative estimate of drug-likeness (QED) is 0.615. The number of rotatable bonds is 2. The molecule has 0 unspecified atom stereocenters. The number of hydrogen-bond acceptors (Lipinski definition) is 3. The number of nitrogens with one attached hydrogen (secondary N) is 1. The first kappa shape index (κ1) is 13.2. The zero-order valence-corrected chi connectivity index (χ0v) is 9.06. The molecule has 1 aromatic rings. The summed E-state index contributed by atoms with van der Waals surface area (Å²) >= 11 is 0. The van der Waals surface area contributed by atoms with Crippen LogP contribution in [0.25, 0.3) is 0 Å². The van der Waals surface area contributed by atoms with Crippen molar-refractivity contribution in [1.29, 1.82) is 0 Å². The molecule has 3 N–H and O–H groups in total. The minimum absolute atomic E-state index is 0.109. The molecule has 0 saturated carbocycles. The fourth-order valence-electron chi connectivity index (χ4n) is 1.09. The Morgan fingerprint density at radius 3 is 2.71 bits per heavy atom. The smallest absolute Gasteiger partial charge is 0.404 e. The van der Waals surface area contributed by atoms with E-state index in [4.69, 9.17) is 5.73 Å². The van der Waals surface area contributed by atoms with Crippen molar-refractivity contribution in [3.05, 3.63) is 23.8 Å². The Hall–Kier alpha value is -1.87. The van der Waals surface area contributed by atoms with Gasteiger partial charge >= 0.3 is 6.36 Å². The normalized spacial score (nSPS) is 10.6. The molecular weight excluding hydrogens is 233 g/mol. The van der Waals surface area contributed by atoms with E-state index in [2.05, 4.69) is 21.9 Å². The van der Waals surface area contributed by atoms with Crippen LogP contribution in [-0.2, 0) is 0 Å². The van der Waals surface area contributed by atoms with Crippen molar-refractivity contribution in [3.63, 3.8) is 0 Å². The van der Waals surface area contributed by atoms with Crippen LogP contribution >= 0.6 is 0 Å². The Bertz CT molecular complexity index is 446. The van der Waals surface area contributed by atoms with Gasteiger partial charge in [-0.1, -0.05) is 11.8 Å². The summed E-state index contributed by atoms with van der Waals surface area (Å²) in [5.41, 5.74) is 5.91. The first-order valence-corrected chi connectivity index (χ1v) is 4.71. The number of nitrogens with two attached hydrogens (primary N) is 1. The fraction of sp³-hybridized carbons (Fsp3) is 0.273. The molecule has 0 fully saturated rings. The van der Waals surface area contributed by atoms with Crippen molar-refractivity contribution in [3.8, 4) is 17.6 Å². The van der Waals surface area contributed by atoms with Gasteiger partial charge in [0.25, 0.3) is 0 Å². The van der Waals surface area contributed by atoms with Crippen molar-refractivity contribution >= 4 is 5.69 Å². The van der Waals surface area contributed by atoms with E-state index in [1.807, 2.05) is 0 Å². The van der Waals surface area contributed by atoms with Crippen LogP contribution in [0.5, 0.6) is 5.75 Å². The van der Waals surface area contributed by atoms with Crippen LogP contribution in [0.4, 0.5) is 18.9 Å². The van der Waals surface area contributed by atoms with Gasteiger partial charge in [-0.3, -0.25) is 0 Å². The van der Waals surface area contributed by atoms with Gasteiger partial charge in [0.2, 0.25) is 0 Å². The highest BCUT2D eigenvalue weighted by molar-refractivity contribution is 5.55. The lowest BCUT2D eigenvalue weighted by atomic mass is 10.2. The van der Waals surface area contributed by atoms with Crippen molar-refractivity contribution in [2.45, 2.75) is 6.36 Å². The van der Waals surface area contributed by atoms with Crippen molar-refractivity contribution in [2.24, 2.45) is 0 Å². The predicted octanol–water partition coefficient (Wildman–Crippen LogP) is 1.74. The summed E-state index contributed by atoms with van der Waals surface area (Å²) in [5, 5.41) is 2.75. The lowest BCUT2D eigenvalue weighted by Gasteiger charge is -2.10. The van der Waals surface area contributed by atoms with E-state index in [-0.39, 0.29) is 11.3 Å². The molecule has 0 aliphatic carbocycles.